The molecule has 0 bridgehead atoms. The molecule has 0 unspecified atom stereocenters. The zero-order valence-corrected chi connectivity index (χ0v) is 20.3. The number of carbonyl (C=O) groups excluding carboxylic acids is 1. The number of methoxy groups -OCH3 is 2. The molecule has 1 aliphatic rings. The third-order valence-electron chi connectivity index (χ3n) is 6.04. The zero-order valence-electron chi connectivity index (χ0n) is 19.6. The smallest absolute Gasteiger partial charge is 0.251 e. The topological polar surface area (TPSA) is 54.0 Å². The molecule has 0 saturated carbocycles. The maximum absolute atomic E-state index is 12.4. The molecule has 1 fully saturated rings. The number of halogens is 1. The SMILES string of the molecule is COc1ccc(CN2CCN(c3cccc(CNC(=O)c4cccc(Cl)c4)c3)CC2)cc1OC. The van der Waals surface area contributed by atoms with Gasteiger partial charge in [-0.1, -0.05) is 35.9 Å². The standard InChI is InChI=1S/C27H30ClN3O3/c1-33-25-10-9-21(16-26(25)34-2)19-30-11-13-31(14-12-30)24-8-3-5-20(15-24)18-29-27(32)22-6-4-7-23(28)17-22/h3-10,15-17H,11-14,18-19H2,1-2H3,(H,29,32). The van der Waals surface area contributed by atoms with Crippen LogP contribution in [0.3, 0.4) is 0 Å². The Kier molecular flexibility index (Phi) is 7.93. The van der Waals surface area contributed by atoms with Crippen molar-refractivity contribution in [1.29, 1.82) is 0 Å². The quantitative estimate of drug-likeness (QED) is 0.511. The van der Waals surface area contributed by atoms with Gasteiger partial charge in [0.15, 0.2) is 11.5 Å². The van der Waals surface area contributed by atoms with E-state index >= 15 is 0 Å². The summed E-state index contributed by atoms with van der Waals surface area (Å²) in [6.07, 6.45) is 0. The first-order chi connectivity index (χ1) is 16.6. The number of hydrogen-bond donors (Lipinski definition) is 1. The number of nitrogens with zero attached hydrogens (tertiary/aromatic N) is 2. The molecule has 1 saturated heterocycles. The molecule has 3 aromatic carbocycles. The number of piperazine rings is 1. The predicted molar refractivity (Wildman–Crippen MR) is 136 cm³/mol. The lowest BCUT2D eigenvalue weighted by atomic mass is 10.1. The summed E-state index contributed by atoms with van der Waals surface area (Å²) < 4.78 is 10.8. The molecule has 0 aliphatic carbocycles. The number of ether oxygens (including phenoxy) is 2. The molecule has 34 heavy (non-hydrogen) atoms. The summed E-state index contributed by atoms with van der Waals surface area (Å²) >= 11 is 5.99. The summed E-state index contributed by atoms with van der Waals surface area (Å²) in [6, 6.07) is 21.4. The first kappa shape index (κ1) is 23.9. The molecule has 178 valence electrons. The molecule has 7 heteroatoms. The van der Waals surface area contributed by atoms with Gasteiger partial charge in [-0.2, -0.15) is 0 Å². The monoisotopic (exact) mass is 479 g/mol. The number of anilines is 1. The van der Waals surface area contributed by atoms with E-state index in [1.807, 2.05) is 24.3 Å². The number of carbonyl (C=O) groups is 1. The number of hydrogen-bond acceptors (Lipinski definition) is 5. The van der Waals surface area contributed by atoms with Crippen LogP contribution in [0.15, 0.2) is 66.7 Å². The van der Waals surface area contributed by atoms with E-state index in [1.54, 1.807) is 38.5 Å². The van der Waals surface area contributed by atoms with Crippen LogP contribution < -0.4 is 19.7 Å². The van der Waals surface area contributed by atoms with Gasteiger partial charge in [-0.15, -0.1) is 0 Å². The van der Waals surface area contributed by atoms with Gasteiger partial charge >= 0.3 is 0 Å². The van der Waals surface area contributed by atoms with Gasteiger partial charge in [-0.3, -0.25) is 9.69 Å². The van der Waals surface area contributed by atoms with Crippen molar-refractivity contribution in [3.63, 3.8) is 0 Å². The molecule has 0 atom stereocenters. The van der Waals surface area contributed by atoms with Crippen LogP contribution in [0.1, 0.15) is 21.5 Å². The van der Waals surface area contributed by atoms with E-state index in [0.717, 1.165) is 49.8 Å². The van der Waals surface area contributed by atoms with Crippen LogP contribution in [0.2, 0.25) is 5.02 Å². The molecular formula is C27H30ClN3O3. The Hall–Kier alpha value is -3.22. The van der Waals surface area contributed by atoms with E-state index in [-0.39, 0.29) is 5.91 Å². The number of amides is 1. The van der Waals surface area contributed by atoms with E-state index in [4.69, 9.17) is 21.1 Å². The largest absolute Gasteiger partial charge is 0.493 e. The Balaban J connectivity index is 1.30. The van der Waals surface area contributed by atoms with Gasteiger partial charge in [-0.25, -0.2) is 0 Å². The van der Waals surface area contributed by atoms with Crippen LogP contribution in [0.5, 0.6) is 11.5 Å². The summed E-state index contributed by atoms with van der Waals surface area (Å²) in [5, 5.41) is 3.54. The van der Waals surface area contributed by atoms with Gasteiger partial charge in [-0.05, 0) is 53.6 Å². The van der Waals surface area contributed by atoms with Crippen LogP contribution in [0.4, 0.5) is 5.69 Å². The summed E-state index contributed by atoms with van der Waals surface area (Å²) in [7, 11) is 3.32. The third kappa shape index (κ3) is 6.01. The normalized spacial score (nSPS) is 14.0. The van der Waals surface area contributed by atoms with E-state index in [0.29, 0.717) is 17.1 Å². The Morgan fingerprint density at radius 1 is 0.882 bits per heavy atom. The molecule has 6 nitrogen and oxygen atoms in total. The minimum atomic E-state index is -0.128. The Bertz CT molecular complexity index is 1130. The Morgan fingerprint density at radius 2 is 1.65 bits per heavy atom. The van der Waals surface area contributed by atoms with E-state index in [9.17, 15) is 4.79 Å². The van der Waals surface area contributed by atoms with Gasteiger partial charge in [0.05, 0.1) is 14.2 Å². The maximum Gasteiger partial charge on any atom is 0.251 e. The molecule has 3 aromatic rings. The van der Waals surface area contributed by atoms with E-state index in [1.165, 1.54) is 11.3 Å². The van der Waals surface area contributed by atoms with Crippen molar-refractivity contribution in [2.24, 2.45) is 0 Å². The highest BCUT2D eigenvalue weighted by atomic mass is 35.5. The van der Waals surface area contributed by atoms with E-state index < -0.39 is 0 Å². The van der Waals surface area contributed by atoms with Crippen molar-refractivity contribution < 1.29 is 14.3 Å². The molecule has 1 aliphatic heterocycles. The van der Waals surface area contributed by atoms with Crippen LogP contribution in [-0.2, 0) is 13.1 Å². The van der Waals surface area contributed by atoms with Crippen LogP contribution >= 0.6 is 11.6 Å². The highest BCUT2D eigenvalue weighted by Crippen LogP contribution is 2.28. The molecule has 0 radical (unpaired) electrons. The fraction of sp³-hybridized carbons (Fsp3) is 0.296. The van der Waals surface area contributed by atoms with Gasteiger partial charge in [0.2, 0.25) is 0 Å². The number of nitrogens with one attached hydrogen (secondary N) is 1. The zero-order chi connectivity index (χ0) is 23.9. The lowest BCUT2D eigenvalue weighted by Crippen LogP contribution is -2.46. The Morgan fingerprint density at radius 3 is 2.38 bits per heavy atom. The molecule has 4 rings (SSSR count). The molecule has 1 heterocycles. The molecule has 1 amide bonds. The summed E-state index contributed by atoms with van der Waals surface area (Å²) in [4.78, 5) is 17.3. The van der Waals surface area contributed by atoms with Crippen molar-refractivity contribution in [1.82, 2.24) is 10.2 Å². The molecular weight excluding hydrogens is 450 g/mol. The first-order valence-electron chi connectivity index (χ1n) is 11.4. The molecule has 0 spiro atoms. The van der Waals surface area contributed by atoms with Crippen molar-refractivity contribution in [2.45, 2.75) is 13.1 Å². The van der Waals surface area contributed by atoms with Crippen molar-refractivity contribution in [2.75, 3.05) is 45.3 Å². The molecule has 0 aromatic heterocycles. The lowest BCUT2D eigenvalue weighted by Gasteiger charge is -2.36. The van der Waals surface area contributed by atoms with Crippen LogP contribution in [-0.4, -0.2) is 51.2 Å². The fourth-order valence-corrected chi connectivity index (χ4v) is 4.37. The second-order valence-electron chi connectivity index (χ2n) is 8.32. The predicted octanol–water partition coefficient (Wildman–Crippen LogP) is 4.61. The van der Waals surface area contributed by atoms with Gasteiger partial charge in [0.1, 0.15) is 0 Å². The number of benzene rings is 3. The van der Waals surface area contributed by atoms with Crippen LogP contribution in [0, 0.1) is 0 Å². The van der Waals surface area contributed by atoms with Crippen molar-refractivity contribution in [3.8, 4) is 11.5 Å². The second kappa shape index (κ2) is 11.3. The highest BCUT2D eigenvalue weighted by molar-refractivity contribution is 6.30. The lowest BCUT2D eigenvalue weighted by molar-refractivity contribution is 0.0951. The van der Waals surface area contributed by atoms with Gasteiger partial charge < -0.3 is 19.7 Å². The van der Waals surface area contributed by atoms with Crippen molar-refractivity contribution >= 4 is 23.2 Å². The Labute approximate surface area is 206 Å². The third-order valence-corrected chi connectivity index (χ3v) is 6.28. The number of rotatable bonds is 8. The minimum absolute atomic E-state index is 0.128. The van der Waals surface area contributed by atoms with Crippen LogP contribution in [0.25, 0.3) is 0 Å². The van der Waals surface area contributed by atoms with E-state index in [2.05, 4.69) is 33.3 Å². The summed E-state index contributed by atoms with van der Waals surface area (Å²) in [6.45, 7) is 5.20. The average Bonchev–Trinajstić information content (AvgIpc) is 2.88. The average molecular weight is 480 g/mol. The minimum Gasteiger partial charge on any atom is -0.493 e. The summed E-state index contributed by atoms with van der Waals surface area (Å²) in [5.74, 6) is 1.38. The van der Waals surface area contributed by atoms with Gasteiger partial charge in [0, 0.05) is 55.5 Å². The summed E-state index contributed by atoms with van der Waals surface area (Å²) in [5.41, 5.74) is 4.03. The first-order valence-corrected chi connectivity index (χ1v) is 11.7. The second-order valence-corrected chi connectivity index (χ2v) is 8.75. The highest BCUT2D eigenvalue weighted by Gasteiger charge is 2.18. The molecule has 1 N–H and O–H groups in total. The van der Waals surface area contributed by atoms with Gasteiger partial charge in [0.25, 0.3) is 5.91 Å². The van der Waals surface area contributed by atoms with Crippen molar-refractivity contribution in [3.05, 3.63) is 88.4 Å². The maximum atomic E-state index is 12.4. The fourth-order valence-electron chi connectivity index (χ4n) is 4.18.